The number of nitrogens with zero attached hydrogens (tertiary/aromatic N) is 1. The van der Waals surface area contributed by atoms with E-state index in [1.165, 1.54) is 22.4 Å². The van der Waals surface area contributed by atoms with Crippen LogP contribution in [0.15, 0.2) is 18.2 Å². The molecule has 3 unspecified atom stereocenters. The molecule has 3 atom stereocenters. The molecule has 1 aromatic carbocycles. The molecule has 3 heteroatoms. The third-order valence-corrected chi connectivity index (χ3v) is 5.52. The fourth-order valence-corrected chi connectivity index (χ4v) is 4.18. The van der Waals surface area contributed by atoms with E-state index in [0.29, 0.717) is 23.9 Å². The lowest BCUT2D eigenvalue weighted by atomic mass is 9.98. The summed E-state index contributed by atoms with van der Waals surface area (Å²) >= 11 is 2.08. The number of thioether (sulfide) groups is 1. The van der Waals surface area contributed by atoms with Gasteiger partial charge in [0.05, 0.1) is 0 Å². The van der Waals surface area contributed by atoms with E-state index in [4.69, 9.17) is 5.73 Å². The van der Waals surface area contributed by atoms with Gasteiger partial charge < -0.3 is 5.73 Å². The summed E-state index contributed by atoms with van der Waals surface area (Å²) < 4.78 is 0. The topological polar surface area (TPSA) is 29.3 Å². The highest BCUT2D eigenvalue weighted by molar-refractivity contribution is 8.00. The second kappa shape index (κ2) is 6.29. The molecule has 0 aromatic heterocycles. The number of benzene rings is 1. The fourth-order valence-electron chi connectivity index (χ4n) is 3.06. The summed E-state index contributed by atoms with van der Waals surface area (Å²) in [5.74, 6) is 1.22. The summed E-state index contributed by atoms with van der Waals surface area (Å²) in [6, 6.07) is 7.77. The number of hydrogen-bond acceptors (Lipinski definition) is 3. The minimum absolute atomic E-state index is 0.358. The lowest BCUT2D eigenvalue weighted by Gasteiger charge is -2.42. The van der Waals surface area contributed by atoms with Gasteiger partial charge in [-0.1, -0.05) is 36.2 Å². The van der Waals surface area contributed by atoms with Gasteiger partial charge in [-0.15, -0.1) is 0 Å². The fraction of sp³-hybridized carbons (Fsp3) is 0.625. The van der Waals surface area contributed by atoms with Crippen LogP contribution in [0.2, 0.25) is 0 Å². The van der Waals surface area contributed by atoms with Gasteiger partial charge in [0, 0.05) is 36.2 Å². The van der Waals surface area contributed by atoms with Gasteiger partial charge in [0.25, 0.3) is 0 Å². The van der Waals surface area contributed by atoms with E-state index in [1.807, 2.05) is 0 Å². The average molecular weight is 278 g/mol. The maximum Gasteiger partial charge on any atom is 0.0474 e. The second-order valence-corrected chi connectivity index (χ2v) is 7.21. The first-order valence-electron chi connectivity index (χ1n) is 7.18. The highest BCUT2D eigenvalue weighted by Crippen LogP contribution is 2.32. The predicted molar refractivity (Wildman–Crippen MR) is 85.8 cm³/mol. The third kappa shape index (κ3) is 3.33. The molecular weight excluding hydrogens is 252 g/mol. The first-order valence-corrected chi connectivity index (χ1v) is 8.23. The van der Waals surface area contributed by atoms with Gasteiger partial charge >= 0.3 is 0 Å². The Bertz CT molecular complexity index is 413. The Morgan fingerprint density at radius 2 is 1.89 bits per heavy atom. The molecule has 2 nitrogen and oxygen atoms in total. The van der Waals surface area contributed by atoms with Gasteiger partial charge in [0.2, 0.25) is 0 Å². The number of nitrogens with two attached hydrogens (primary N) is 1. The lowest BCUT2D eigenvalue weighted by molar-refractivity contribution is 0.150. The summed E-state index contributed by atoms with van der Waals surface area (Å²) in [5, 5.41) is 0.689. The van der Waals surface area contributed by atoms with Crippen molar-refractivity contribution in [3.63, 3.8) is 0 Å². The summed E-state index contributed by atoms with van der Waals surface area (Å²) in [6.07, 6.45) is 0. The first-order chi connectivity index (χ1) is 9.02. The van der Waals surface area contributed by atoms with Crippen LogP contribution in [0.3, 0.4) is 0 Å². The van der Waals surface area contributed by atoms with Crippen molar-refractivity contribution >= 4 is 11.8 Å². The largest absolute Gasteiger partial charge is 0.329 e. The molecule has 19 heavy (non-hydrogen) atoms. The Kier molecular flexibility index (Phi) is 4.93. The minimum atomic E-state index is 0.358. The van der Waals surface area contributed by atoms with E-state index >= 15 is 0 Å². The first kappa shape index (κ1) is 14.9. The van der Waals surface area contributed by atoms with Crippen molar-refractivity contribution in [3.05, 3.63) is 34.9 Å². The van der Waals surface area contributed by atoms with Crippen LogP contribution in [0, 0.1) is 13.8 Å². The molecule has 2 N–H and O–H groups in total. The Morgan fingerprint density at radius 3 is 2.47 bits per heavy atom. The molecule has 0 aliphatic carbocycles. The monoisotopic (exact) mass is 278 g/mol. The molecule has 1 aromatic rings. The van der Waals surface area contributed by atoms with Crippen LogP contribution in [-0.4, -0.2) is 35.0 Å². The number of hydrogen-bond donors (Lipinski definition) is 1. The van der Waals surface area contributed by atoms with Gasteiger partial charge in [-0.25, -0.2) is 0 Å². The van der Waals surface area contributed by atoms with Crippen LogP contribution in [0.5, 0.6) is 0 Å². The van der Waals surface area contributed by atoms with Gasteiger partial charge in [0.1, 0.15) is 0 Å². The summed E-state index contributed by atoms with van der Waals surface area (Å²) in [6.45, 7) is 10.8. The molecule has 1 saturated heterocycles. The molecule has 2 rings (SSSR count). The van der Waals surface area contributed by atoms with Gasteiger partial charge in [-0.2, -0.15) is 11.8 Å². The molecule has 1 aliphatic heterocycles. The molecule has 1 heterocycles. The van der Waals surface area contributed by atoms with Crippen LogP contribution in [0.4, 0.5) is 0 Å². The van der Waals surface area contributed by atoms with Crippen LogP contribution in [0.1, 0.15) is 36.6 Å². The van der Waals surface area contributed by atoms with Gasteiger partial charge in [0.15, 0.2) is 0 Å². The van der Waals surface area contributed by atoms with Gasteiger partial charge in [-0.3, -0.25) is 4.90 Å². The predicted octanol–water partition coefficient (Wildman–Crippen LogP) is 3.13. The van der Waals surface area contributed by atoms with E-state index in [9.17, 15) is 0 Å². The highest BCUT2D eigenvalue weighted by atomic mass is 32.2. The Labute approximate surface area is 121 Å². The maximum atomic E-state index is 6.09. The van der Waals surface area contributed by atoms with Crippen molar-refractivity contribution in [2.75, 3.05) is 18.8 Å². The molecule has 1 fully saturated rings. The van der Waals surface area contributed by atoms with Crippen LogP contribution in [-0.2, 0) is 0 Å². The van der Waals surface area contributed by atoms with E-state index < -0.39 is 0 Å². The molecule has 1 aliphatic rings. The quantitative estimate of drug-likeness (QED) is 0.921. The van der Waals surface area contributed by atoms with Crippen LogP contribution in [0.25, 0.3) is 0 Å². The normalized spacial score (nSPS) is 26.4. The van der Waals surface area contributed by atoms with Crippen LogP contribution >= 0.6 is 11.8 Å². The van der Waals surface area contributed by atoms with Crippen molar-refractivity contribution in [2.45, 2.75) is 45.0 Å². The van der Waals surface area contributed by atoms with Crippen molar-refractivity contribution < 1.29 is 0 Å². The van der Waals surface area contributed by atoms with Crippen molar-refractivity contribution in [1.82, 2.24) is 4.90 Å². The summed E-state index contributed by atoms with van der Waals surface area (Å²) in [5.41, 5.74) is 10.1. The minimum Gasteiger partial charge on any atom is -0.329 e. The molecule has 0 radical (unpaired) electrons. The maximum absolute atomic E-state index is 6.09. The highest BCUT2D eigenvalue weighted by Gasteiger charge is 2.30. The molecule has 0 spiro atoms. The molecule has 0 amide bonds. The lowest BCUT2D eigenvalue weighted by Crippen LogP contribution is -2.48. The van der Waals surface area contributed by atoms with Crippen molar-refractivity contribution in [2.24, 2.45) is 5.73 Å². The SMILES string of the molecule is Cc1cc(C)cc(C(CN)N2CCSC(C)C2C)c1. The smallest absolute Gasteiger partial charge is 0.0474 e. The Balaban J connectivity index is 2.28. The van der Waals surface area contributed by atoms with Crippen molar-refractivity contribution in [3.8, 4) is 0 Å². The van der Waals surface area contributed by atoms with E-state index in [0.717, 1.165) is 6.54 Å². The average Bonchev–Trinajstić information content (AvgIpc) is 2.34. The molecule has 0 saturated carbocycles. The van der Waals surface area contributed by atoms with E-state index in [-0.39, 0.29) is 0 Å². The van der Waals surface area contributed by atoms with E-state index in [1.54, 1.807) is 0 Å². The summed E-state index contributed by atoms with van der Waals surface area (Å²) in [7, 11) is 0. The van der Waals surface area contributed by atoms with E-state index in [2.05, 4.69) is 62.6 Å². The number of aryl methyl sites for hydroxylation is 2. The van der Waals surface area contributed by atoms with Crippen molar-refractivity contribution in [1.29, 1.82) is 0 Å². The zero-order chi connectivity index (χ0) is 14.0. The molecular formula is C16H26N2S. The number of rotatable bonds is 3. The Morgan fingerprint density at radius 1 is 1.26 bits per heavy atom. The zero-order valence-electron chi connectivity index (χ0n) is 12.5. The third-order valence-electron chi connectivity index (χ3n) is 4.19. The second-order valence-electron chi connectivity index (χ2n) is 5.73. The summed E-state index contributed by atoms with van der Waals surface area (Å²) in [4.78, 5) is 2.59. The molecule has 106 valence electrons. The van der Waals surface area contributed by atoms with Gasteiger partial charge in [-0.05, 0) is 26.3 Å². The zero-order valence-corrected chi connectivity index (χ0v) is 13.3. The Hall–Kier alpha value is -0.510. The van der Waals surface area contributed by atoms with Crippen LogP contribution < -0.4 is 5.73 Å². The molecule has 0 bridgehead atoms. The standard InChI is InChI=1S/C16H26N2S/c1-11-7-12(2)9-15(8-11)16(10-17)18-5-6-19-14(4)13(18)3/h7-9,13-14,16H,5-6,10,17H2,1-4H3.